The van der Waals surface area contributed by atoms with Gasteiger partial charge in [0, 0.05) is 24.9 Å². The first-order valence-corrected chi connectivity index (χ1v) is 17.1. The Balaban J connectivity index is 0.000000140. The van der Waals surface area contributed by atoms with E-state index in [-0.39, 0.29) is 17.8 Å². The van der Waals surface area contributed by atoms with Crippen molar-refractivity contribution in [2.45, 2.75) is 50.4 Å². The molecule has 10 nitrogen and oxygen atoms in total. The van der Waals surface area contributed by atoms with Crippen LogP contribution in [-0.2, 0) is 14.3 Å². The third-order valence-electron chi connectivity index (χ3n) is 9.81. The molecular weight excluding hydrogens is 588 g/mol. The molecule has 4 atom stereocenters. The van der Waals surface area contributed by atoms with Crippen LogP contribution in [0.1, 0.15) is 61.7 Å². The number of rotatable bonds is 8. The molecule has 12 heteroatoms. The first kappa shape index (κ1) is 28.9. The Hall–Kier alpha value is -2.80. The van der Waals surface area contributed by atoms with E-state index in [0.29, 0.717) is 23.7 Å². The van der Waals surface area contributed by atoms with Crippen molar-refractivity contribution in [1.29, 1.82) is 0 Å². The van der Waals surface area contributed by atoms with Gasteiger partial charge >= 0.3 is 11.9 Å². The zero-order valence-electron chi connectivity index (χ0n) is 24.4. The van der Waals surface area contributed by atoms with Crippen LogP contribution in [0.15, 0.2) is 31.9 Å². The van der Waals surface area contributed by atoms with Crippen molar-refractivity contribution < 1.29 is 28.5 Å². The van der Waals surface area contributed by atoms with Crippen molar-refractivity contribution in [2.24, 2.45) is 23.7 Å². The highest BCUT2D eigenvalue weighted by Gasteiger charge is 2.45. The summed E-state index contributed by atoms with van der Waals surface area (Å²) in [5.74, 6) is 1.24. The number of fused-ring (bicyclic) bond motifs is 2. The molecule has 4 fully saturated rings. The van der Waals surface area contributed by atoms with Crippen LogP contribution < -0.4 is 0 Å². The highest BCUT2D eigenvalue weighted by atomic mass is 32.1. The average molecular weight is 627 g/mol. The topological polar surface area (TPSA) is 122 Å². The van der Waals surface area contributed by atoms with E-state index in [1.807, 2.05) is 17.5 Å². The number of hydrogen-bond donors (Lipinski definition) is 1. The molecule has 230 valence electrons. The number of methoxy groups -OCH3 is 1. The summed E-state index contributed by atoms with van der Waals surface area (Å²) in [4.78, 5) is 27.3. The van der Waals surface area contributed by atoms with Gasteiger partial charge in [0.1, 0.15) is 11.4 Å². The summed E-state index contributed by atoms with van der Waals surface area (Å²) < 4.78 is 18.0. The molecule has 1 N–H and O–H groups in total. The third kappa shape index (κ3) is 6.25. The van der Waals surface area contributed by atoms with Crippen LogP contribution in [0, 0.1) is 23.7 Å². The van der Waals surface area contributed by atoms with Gasteiger partial charge in [-0.2, -0.15) is 0 Å². The third-order valence-corrected chi connectivity index (χ3v) is 11.6. The SMILES string of the molecule is COC(=O)[C@H]1CC1CN1CCC(c2noc3ccsc23)CC1.O=C(O)[C@H]1CC1CN1CCC(c2noc3ccsc23)CC1. The van der Waals surface area contributed by atoms with E-state index in [0.717, 1.165) is 100 Å². The minimum atomic E-state index is -0.627. The second-order valence-electron chi connectivity index (χ2n) is 12.6. The van der Waals surface area contributed by atoms with E-state index in [4.69, 9.17) is 18.9 Å². The predicted molar refractivity (Wildman–Crippen MR) is 163 cm³/mol. The van der Waals surface area contributed by atoms with Crippen LogP contribution in [-0.4, -0.2) is 83.5 Å². The lowest BCUT2D eigenvalue weighted by atomic mass is 9.93. The number of nitrogens with zero attached hydrogens (tertiary/aromatic N) is 4. The van der Waals surface area contributed by atoms with E-state index in [9.17, 15) is 9.59 Å². The molecule has 8 rings (SSSR count). The number of aromatic nitrogens is 2. The van der Waals surface area contributed by atoms with Gasteiger partial charge in [0.15, 0.2) is 11.2 Å². The van der Waals surface area contributed by atoms with Gasteiger partial charge in [0.05, 0.1) is 28.3 Å². The van der Waals surface area contributed by atoms with Gasteiger partial charge < -0.3 is 28.7 Å². The molecule has 2 saturated carbocycles. The highest BCUT2D eigenvalue weighted by molar-refractivity contribution is 7.17. The number of hydrogen-bond acceptors (Lipinski definition) is 11. The van der Waals surface area contributed by atoms with Gasteiger partial charge in [-0.1, -0.05) is 10.3 Å². The fourth-order valence-electron chi connectivity index (χ4n) is 6.99. The second-order valence-corrected chi connectivity index (χ2v) is 14.4. The van der Waals surface area contributed by atoms with Crippen LogP contribution in [0.4, 0.5) is 0 Å². The summed E-state index contributed by atoms with van der Waals surface area (Å²) in [6.45, 7) is 6.20. The number of esters is 1. The van der Waals surface area contributed by atoms with E-state index >= 15 is 0 Å². The van der Waals surface area contributed by atoms with E-state index in [1.54, 1.807) is 22.7 Å². The maximum atomic E-state index is 11.5. The average Bonchev–Trinajstić information content (AvgIpc) is 3.63. The number of carboxylic acid groups (broad SMARTS) is 1. The van der Waals surface area contributed by atoms with Crippen molar-refractivity contribution in [3.05, 3.63) is 34.3 Å². The van der Waals surface area contributed by atoms with Gasteiger partial charge in [0.25, 0.3) is 0 Å². The van der Waals surface area contributed by atoms with Crippen LogP contribution in [0.5, 0.6) is 0 Å². The van der Waals surface area contributed by atoms with Crippen LogP contribution in [0.2, 0.25) is 0 Å². The normalized spacial score (nSPS) is 26.8. The van der Waals surface area contributed by atoms with Crippen molar-refractivity contribution >= 4 is 55.2 Å². The van der Waals surface area contributed by atoms with Gasteiger partial charge in [-0.05, 0) is 99.4 Å². The maximum Gasteiger partial charge on any atom is 0.308 e. The Kier molecular flexibility index (Phi) is 8.28. The molecule has 0 aromatic carbocycles. The lowest BCUT2D eigenvalue weighted by molar-refractivity contribution is -0.142. The molecule has 4 aliphatic rings. The molecule has 0 bridgehead atoms. The summed E-state index contributed by atoms with van der Waals surface area (Å²) in [6.07, 6.45) is 6.26. The minimum absolute atomic E-state index is 0.0393. The number of carbonyl (C=O) groups excluding carboxylic acids is 1. The lowest BCUT2D eigenvalue weighted by Gasteiger charge is -2.31. The number of likely N-dealkylation sites (tertiary alicyclic amines) is 2. The van der Waals surface area contributed by atoms with Gasteiger partial charge in [0.2, 0.25) is 0 Å². The Morgan fingerprint density at radius 3 is 1.74 bits per heavy atom. The zero-order valence-corrected chi connectivity index (χ0v) is 26.0. The molecule has 4 aromatic rings. The number of carboxylic acids is 1. The van der Waals surface area contributed by atoms with Crippen LogP contribution >= 0.6 is 22.7 Å². The lowest BCUT2D eigenvalue weighted by Crippen LogP contribution is -2.35. The Bertz CT molecular complexity index is 1560. The molecule has 2 aliphatic heterocycles. The molecule has 0 radical (unpaired) electrons. The Labute approximate surface area is 257 Å². The predicted octanol–water partition coefficient (Wildman–Crippen LogP) is 5.67. The summed E-state index contributed by atoms with van der Waals surface area (Å²) >= 11 is 3.42. The highest BCUT2D eigenvalue weighted by Crippen LogP contribution is 2.42. The van der Waals surface area contributed by atoms with Gasteiger partial charge in [-0.25, -0.2) is 0 Å². The van der Waals surface area contributed by atoms with E-state index in [1.165, 1.54) is 16.5 Å². The number of aliphatic carboxylic acids is 1. The largest absolute Gasteiger partial charge is 0.481 e. The number of thiophene rings is 2. The van der Waals surface area contributed by atoms with E-state index < -0.39 is 5.97 Å². The summed E-state index contributed by atoms with van der Waals surface area (Å²) in [5.41, 5.74) is 4.08. The molecule has 43 heavy (non-hydrogen) atoms. The first-order chi connectivity index (χ1) is 21.0. The Morgan fingerprint density at radius 2 is 1.30 bits per heavy atom. The summed E-state index contributed by atoms with van der Waals surface area (Å²) in [5, 5.41) is 21.6. The molecule has 0 spiro atoms. The van der Waals surface area contributed by atoms with Gasteiger partial charge in [-0.3, -0.25) is 9.59 Å². The van der Waals surface area contributed by atoms with Crippen molar-refractivity contribution in [3.63, 3.8) is 0 Å². The van der Waals surface area contributed by atoms with Crippen molar-refractivity contribution in [2.75, 3.05) is 46.4 Å². The molecule has 6 heterocycles. The number of carbonyl (C=O) groups is 2. The second kappa shape index (κ2) is 12.3. The molecule has 4 aromatic heterocycles. The standard InChI is InChI=1S/C16H20N2O3S.C15H18N2O3S/c1-20-16(19)12-8-11(12)9-18-5-2-10(3-6-18)14-15-13(21-17-14)4-7-22-15;18-15(19)11-7-10(11)8-17-4-1-9(2-5-17)13-14-12(20-16-13)3-6-21-14/h4,7,10-12H,2-3,5-6,8-9H2,1H3;3,6,9-11H,1-2,4-5,7-8H2,(H,18,19)/t11?,12-;10?,11-/m00/s1. The smallest absolute Gasteiger partial charge is 0.308 e. The number of ether oxygens (including phenoxy) is 1. The monoisotopic (exact) mass is 626 g/mol. The summed E-state index contributed by atoms with van der Waals surface area (Å²) in [6, 6.07) is 3.97. The molecule has 2 aliphatic carbocycles. The molecular formula is C31H38N4O6S2. The van der Waals surface area contributed by atoms with Crippen LogP contribution in [0.25, 0.3) is 20.6 Å². The maximum absolute atomic E-state index is 11.5. The quantitative estimate of drug-likeness (QED) is 0.245. The van der Waals surface area contributed by atoms with Gasteiger partial charge in [-0.15, -0.1) is 22.7 Å². The molecule has 0 amide bonds. The first-order valence-electron chi connectivity index (χ1n) is 15.4. The molecule has 2 saturated heterocycles. The minimum Gasteiger partial charge on any atom is -0.481 e. The fraction of sp³-hybridized carbons (Fsp3) is 0.613. The van der Waals surface area contributed by atoms with E-state index in [2.05, 4.69) is 25.5 Å². The zero-order chi connectivity index (χ0) is 29.5. The van der Waals surface area contributed by atoms with Crippen LogP contribution in [0.3, 0.4) is 0 Å². The molecule has 2 unspecified atom stereocenters. The Morgan fingerprint density at radius 1 is 0.837 bits per heavy atom. The summed E-state index contributed by atoms with van der Waals surface area (Å²) in [7, 11) is 1.48. The van der Waals surface area contributed by atoms with Crippen molar-refractivity contribution in [3.8, 4) is 0 Å². The fourth-order valence-corrected chi connectivity index (χ4v) is 8.74. The number of piperidine rings is 2. The van der Waals surface area contributed by atoms with Crippen molar-refractivity contribution in [1.82, 2.24) is 20.1 Å².